The summed E-state index contributed by atoms with van der Waals surface area (Å²) in [5, 5.41) is 11.3. The van der Waals surface area contributed by atoms with E-state index in [4.69, 9.17) is 15.6 Å². The molecule has 0 radical (unpaired) electrons. The third-order valence-corrected chi connectivity index (χ3v) is 3.03. The summed E-state index contributed by atoms with van der Waals surface area (Å²) in [6.45, 7) is 1.03. The third-order valence-electron chi connectivity index (χ3n) is 3.03. The summed E-state index contributed by atoms with van der Waals surface area (Å²) in [6.07, 6.45) is 3.67. The first-order valence-corrected chi connectivity index (χ1v) is 6.48. The summed E-state index contributed by atoms with van der Waals surface area (Å²) < 4.78 is 5.47. The van der Waals surface area contributed by atoms with Crippen LogP contribution in [0.4, 0.5) is 0 Å². The lowest BCUT2D eigenvalue weighted by molar-refractivity contribution is -0.137. The maximum absolute atomic E-state index is 11.7. The molecule has 0 bridgehead atoms. The molecule has 6 heteroatoms. The van der Waals surface area contributed by atoms with Gasteiger partial charge < -0.3 is 20.9 Å². The van der Waals surface area contributed by atoms with Crippen molar-refractivity contribution in [2.75, 3.05) is 13.1 Å². The Kier molecular flexibility index (Phi) is 6.67. The van der Waals surface area contributed by atoms with E-state index < -0.39 is 5.97 Å². The zero-order valence-corrected chi connectivity index (χ0v) is 10.6. The molecule has 1 amide bonds. The third kappa shape index (κ3) is 5.46. The maximum atomic E-state index is 11.7. The number of amides is 1. The van der Waals surface area contributed by atoms with Crippen molar-refractivity contribution in [1.29, 1.82) is 0 Å². The summed E-state index contributed by atoms with van der Waals surface area (Å²) in [4.78, 5) is 22.0. The quantitative estimate of drug-likeness (QED) is 0.542. The summed E-state index contributed by atoms with van der Waals surface area (Å²) >= 11 is 0. The van der Waals surface area contributed by atoms with Crippen LogP contribution in [-0.4, -0.2) is 42.3 Å². The molecule has 4 N–H and O–H groups in total. The van der Waals surface area contributed by atoms with Crippen molar-refractivity contribution < 1.29 is 19.4 Å². The highest BCUT2D eigenvalue weighted by Gasteiger charge is 2.29. The molecule has 1 fully saturated rings. The van der Waals surface area contributed by atoms with Gasteiger partial charge in [0.25, 0.3) is 0 Å². The summed E-state index contributed by atoms with van der Waals surface area (Å²) in [5.74, 6) is -0.851. The van der Waals surface area contributed by atoms with E-state index in [0.717, 1.165) is 25.7 Å². The number of carboxylic acids is 1. The molecule has 0 aliphatic carbocycles. The second-order valence-electron chi connectivity index (χ2n) is 4.56. The number of hydrogen-bond donors (Lipinski definition) is 3. The molecule has 0 aromatic rings. The fourth-order valence-corrected chi connectivity index (χ4v) is 1.98. The SMILES string of the molecule is NCC1CCC(C(=O)NCCCCCC(=O)O)O1. The Morgan fingerprint density at radius 1 is 1.28 bits per heavy atom. The minimum absolute atomic E-state index is 0.0105. The molecule has 0 aromatic heterocycles. The van der Waals surface area contributed by atoms with Crippen LogP contribution in [0.3, 0.4) is 0 Å². The minimum Gasteiger partial charge on any atom is -0.481 e. The van der Waals surface area contributed by atoms with E-state index in [-0.39, 0.29) is 24.5 Å². The van der Waals surface area contributed by atoms with Crippen LogP contribution < -0.4 is 11.1 Å². The van der Waals surface area contributed by atoms with E-state index >= 15 is 0 Å². The van der Waals surface area contributed by atoms with Gasteiger partial charge in [0.2, 0.25) is 5.91 Å². The highest BCUT2D eigenvalue weighted by molar-refractivity contribution is 5.80. The topological polar surface area (TPSA) is 102 Å². The smallest absolute Gasteiger partial charge is 0.303 e. The number of nitrogens with one attached hydrogen (secondary N) is 1. The van der Waals surface area contributed by atoms with Crippen molar-refractivity contribution in [2.45, 2.75) is 50.7 Å². The van der Waals surface area contributed by atoms with E-state index in [1.807, 2.05) is 0 Å². The number of carbonyl (C=O) groups is 2. The Hall–Kier alpha value is -1.14. The zero-order chi connectivity index (χ0) is 13.4. The normalized spacial score (nSPS) is 22.9. The van der Waals surface area contributed by atoms with Gasteiger partial charge in [-0.25, -0.2) is 0 Å². The van der Waals surface area contributed by atoms with Crippen LogP contribution in [0.5, 0.6) is 0 Å². The first-order chi connectivity index (χ1) is 8.63. The van der Waals surface area contributed by atoms with Crippen molar-refractivity contribution in [2.24, 2.45) is 5.73 Å². The zero-order valence-electron chi connectivity index (χ0n) is 10.6. The van der Waals surface area contributed by atoms with E-state index in [1.165, 1.54) is 0 Å². The van der Waals surface area contributed by atoms with Gasteiger partial charge in [-0.15, -0.1) is 0 Å². The van der Waals surface area contributed by atoms with Gasteiger partial charge in [-0.1, -0.05) is 6.42 Å². The fourth-order valence-electron chi connectivity index (χ4n) is 1.98. The number of nitrogens with two attached hydrogens (primary N) is 1. The van der Waals surface area contributed by atoms with Gasteiger partial charge in [0.05, 0.1) is 6.10 Å². The highest BCUT2D eigenvalue weighted by atomic mass is 16.5. The Morgan fingerprint density at radius 2 is 2.06 bits per heavy atom. The molecule has 2 atom stereocenters. The van der Waals surface area contributed by atoms with Gasteiger partial charge in [0.1, 0.15) is 6.10 Å². The number of aliphatic carboxylic acids is 1. The Morgan fingerprint density at radius 3 is 2.67 bits per heavy atom. The first kappa shape index (κ1) is 14.9. The minimum atomic E-state index is -0.772. The number of carboxylic acid groups (broad SMARTS) is 1. The molecule has 0 spiro atoms. The van der Waals surface area contributed by atoms with Gasteiger partial charge in [-0.2, -0.15) is 0 Å². The van der Waals surface area contributed by atoms with Gasteiger partial charge in [-0.3, -0.25) is 9.59 Å². The molecular weight excluding hydrogens is 236 g/mol. The molecule has 0 aromatic carbocycles. The molecule has 1 aliphatic rings. The number of unbranched alkanes of at least 4 members (excludes halogenated alkanes) is 2. The predicted molar refractivity (Wildman–Crippen MR) is 66.1 cm³/mol. The van der Waals surface area contributed by atoms with Gasteiger partial charge in [0.15, 0.2) is 0 Å². The monoisotopic (exact) mass is 258 g/mol. The van der Waals surface area contributed by atoms with Crippen LogP contribution in [0.1, 0.15) is 38.5 Å². The van der Waals surface area contributed by atoms with Crippen molar-refractivity contribution in [3.8, 4) is 0 Å². The molecule has 6 nitrogen and oxygen atoms in total. The molecule has 2 unspecified atom stereocenters. The molecule has 1 rings (SSSR count). The van der Waals surface area contributed by atoms with Crippen LogP contribution in [0.2, 0.25) is 0 Å². The van der Waals surface area contributed by atoms with E-state index in [1.54, 1.807) is 0 Å². The lowest BCUT2D eigenvalue weighted by atomic mass is 10.1. The molecule has 1 heterocycles. The largest absolute Gasteiger partial charge is 0.481 e. The van der Waals surface area contributed by atoms with Gasteiger partial charge in [0, 0.05) is 19.5 Å². The first-order valence-electron chi connectivity index (χ1n) is 6.48. The van der Waals surface area contributed by atoms with E-state index in [9.17, 15) is 9.59 Å². The number of rotatable bonds is 8. The van der Waals surface area contributed by atoms with Crippen LogP contribution >= 0.6 is 0 Å². The Labute approximate surface area is 107 Å². The maximum Gasteiger partial charge on any atom is 0.303 e. The van der Waals surface area contributed by atoms with E-state index in [0.29, 0.717) is 19.5 Å². The second-order valence-corrected chi connectivity index (χ2v) is 4.56. The average Bonchev–Trinajstić information content (AvgIpc) is 2.81. The summed E-state index contributed by atoms with van der Waals surface area (Å²) in [6, 6.07) is 0. The number of carbonyl (C=O) groups excluding carboxylic acids is 1. The predicted octanol–water partition coefficient (Wildman–Crippen LogP) is 0.254. The van der Waals surface area contributed by atoms with Crippen LogP contribution in [0, 0.1) is 0 Å². The highest BCUT2D eigenvalue weighted by Crippen LogP contribution is 2.18. The van der Waals surface area contributed by atoms with Crippen LogP contribution in [0.15, 0.2) is 0 Å². The average molecular weight is 258 g/mol. The number of ether oxygens (including phenoxy) is 1. The second kappa shape index (κ2) is 8.05. The summed E-state index contributed by atoms with van der Waals surface area (Å²) in [7, 11) is 0. The van der Waals surface area contributed by atoms with Crippen molar-refractivity contribution in [1.82, 2.24) is 5.32 Å². The lowest BCUT2D eigenvalue weighted by Crippen LogP contribution is -2.36. The van der Waals surface area contributed by atoms with Crippen molar-refractivity contribution in [3.05, 3.63) is 0 Å². The van der Waals surface area contributed by atoms with Crippen LogP contribution in [-0.2, 0) is 14.3 Å². The van der Waals surface area contributed by atoms with Gasteiger partial charge in [-0.05, 0) is 25.7 Å². The Bertz CT molecular complexity index is 283. The molecule has 104 valence electrons. The molecule has 1 aliphatic heterocycles. The number of hydrogen-bond acceptors (Lipinski definition) is 4. The van der Waals surface area contributed by atoms with Crippen molar-refractivity contribution in [3.63, 3.8) is 0 Å². The standard InChI is InChI=1S/C12H22N2O4/c13-8-9-5-6-10(18-9)12(17)14-7-3-1-2-4-11(15)16/h9-10H,1-8,13H2,(H,14,17)(H,15,16). The molecule has 0 saturated carbocycles. The summed E-state index contributed by atoms with van der Waals surface area (Å²) in [5.41, 5.74) is 5.47. The molecular formula is C12H22N2O4. The fraction of sp³-hybridized carbons (Fsp3) is 0.833. The van der Waals surface area contributed by atoms with Crippen molar-refractivity contribution >= 4 is 11.9 Å². The van der Waals surface area contributed by atoms with Crippen LogP contribution in [0.25, 0.3) is 0 Å². The molecule has 18 heavy (non-hydrogen) atoms. The van der Waals surface area contributed by atoms with E-state index in [2.05, 4.69) is 5.32 Å². The Balaban J connectivity index is 2.02. The van der Waals surface area contributed by atoms with Gasteiger partial charge >= 0.3 is 5.97 Å². The molecule has 1 saturated heterocycles. The lowest BCUT2D eigenvalue weighted by Gasteiger charge is -2.12.